The summed E-state index contributed by atoms with van der Waals surface area (Å²) in [6.07, 6.45) is 3.99. The summed E-state index contributed by atoms with van der Waals surface area (Å²) in [5.41, 5.74) is 5.75. The number of nitrogens with zero attached hydrogens (tertiary/aromatic N) is 2. The molecule has 2 aliphatic heterocycles. The van der Waals surface area contributed by atoms with Gasteiger partial charge < -0.3 is 15.5 Å². The maximum Gasteiger partial charge on any atom is 0.224 e. The Balaban J connectivity index is 0.00000162. The number of hydrogen-bond donors (Lipinski definition) is 1. The van der Waals surface area contributed by atoms with E-state index in [0.29, 0.717) is 18.5 Å². The summed E-state index contributed by atoms with van der Waals surface area (Å²) in [6, 6.07) is 0.893. The lowest BCUT2D eigenvalue weighted by atomic mass is 10.1. The second-order valence-corrected chi connectivity index (χ2v) is 5.55. The molecule has 3 unspecified atom stereocenters. The molecule has 0 aliphatic carbocycles. The van der Waals surface area contributed by atoms with Crippen LogP contribution < -0.4 is 5.73 Å². The first-order valence-electron chi connectivity index (χ1n) is 6.91. The number of likely N-dealkylation sites (tertiary alicyclic amines) is 1. The first kappa shape index (κ1) is 19.0. The van der Waals surface area contributed by atoms with Gasteiger partial charge in [0.2, 0.25) is 5.91 Å². The molecule has 3 atom stereocenters. The van der Waals surface area contributed by atoms with Crippen LogP contribution in [0, 0.1) is 0 Å². The fourth-order valence-corrected chi connectivity index (χ4v) is 3.22. The van der Waals surface area contributed by atoms with E-state index in [0.717, 1.165) is 26.1 Å². The number of carbonyl (C=O) groups excluding carboxylic acids is 1. The number of nitrogens with two attached hydrogens (primary N) is 1. The van der Waals surface area contributed by atoms with Crippen molar-refractivity contribution in [1.29, 1.82) is 0 Å². The molecule has 4 nitrogen and oxygen atoms in total. The topological polar surface area (TPSA) is 49.6 Å². The number of likely N-dealkylation sites (N-methyl/N-ethyl adjacent to an activating group) is 1. The van der Waals surface area contributed by atoms with Crippen LogP contribution in [0.15, 0.2) is 0 Å². The van der Waals surface area contributed by atoms with Crippen LogP contribution in [0.5, 0.6) is 0 Å². The lowest BCUT2D eigenvalue weighted by Gasteiger charge is -2.29. The Hall–Kier alpha value is -0.0300. The minimum Gasteiger partial charge on any atom is -0.335 e. The minimum atomic E-state index is -0.0209. The molecule has 0 aromatic carbocycles. The summed E-state index contributed by atoms with van der Waals surface area (Å²) >= 11 is 0. The van der Waals surface area contributed by atoms with Crippen LogP contribution in [0.4, 0.5) is 0 Å². The summed E-state index contributed by atoms with van der Waals surface area (Å²) in [6.45, 7) is 7.40. The molecule has 2 bridgehead atoms. The maximum atomic E-state index is 12.2. The van der Waals surface area contributed by atoms with Gasteiger partial charge in [0.25, 0.3) is 0 Å². The molecule has 2 saturated heterocycles. The summed E-state index contributed by atoms with van der Waals surface area (Å²) in [5, 5.41) is 0. The monoisotopic (exact) mass is 311 g/mol. The molecule has 2 heterocycles. The van der Waals surface area contributed by atoms with Crippen molar-refractivity contribution in [1.82, 2.24) is 9.80 Å². The first-order chi connectivity index (χ1) is 8.11. The third-order valence-corrected chi connectivity index (χ3v) is 4.10. The third kappa shape index (κ3) is 4.48. The molecular formula is C13H27Cl2N3O. The molecule has 114 valence electrons. The average Bonchev–Trinajstić information content (AvgIpc) is 2.53. The maximum absolute atomic E-state index is 12.2. The number of hydrogen-bond acceptors (Lipinski definition) is 3. The highest BCUT2D eigenvalue weighted by Gasteiger charge is 2.39. The zero-order chi connectivity index (χ0) is 12.4. The average molecular weight is 312 g/mol. The molecule has 2 N–H and O–H groups in total. The van der Waals surface area contributed by atoms with Crippen molar-refractivity contribution in [2.75, 3.05) is 19.6 Å². The van der Waals surface area contributed by atoms with Crippen molar-refractivity contribution in [3.63, 3.8) is 0 Å². The Kier molecular flexibility index (Phi) is 8.29. The van der Waals surface area contributed by atoms with E-state index in [1.54, 1.807) is 0 Å². The third-order valence-electron chi connectivity index (χ3n) is 4.10. The highest BCUT2D eigenvalue weighted by molar-refractivity contribution is 5.85. The Labute approximate surface area is 128 Å². The van der Waals surface area contributed by atoms with Crippen LogP contribution in [0.2, 0.25) is 0 Å². The van der Waals surface area contributed by atoms with Crippen LogP contribution in [-0.4, -0.2) is 53.5 Å². The molecule has 0 aromatic heterocycles. The summed E-state index contributed by atoms with van der Waals surface area (Å²) < 4.78 is 0. The van der Waals surface area contributed by atoms with Crippen molar-refractivity contribution in [3.05, 3.63) is 0 Å². The smallest absolute Gasteiger partial charge is 0.224 e. The van der Waals surface area contributed by atoms with Crippen LogP contribution in [0.25, 0.3) is 0 Å². The van der Waals surface area contributed by atoms with Crippen molar-refractivity contribution >= 4 is 30.7 Å². The molecule has 0 saturated carbocycles. The molecule has 6 heteroatoms. The number of fused-ring (bicyclic) bond motifs is 2. The van der Waals surface area contributed by atoms with Gasteiger partial charge in [0.05, 0.1) is 0 Å². The minimum absolute atomic E-state index is 0. The fourth-order valence-electron chi connectivity index (χ4n) is 3.22. The Bertz CT molecular complexity index is 289. The van der Waals surface area contributed by atoms with Gasteiger partial charge in [-0.15, -0.1) is 24.8 Å². The molecule has 2 fully saturated rings. The number of carbonyl (C=O) groups is 1. The molecule has 0 spiro atoms. The molecule has 2 rings (SSSR count). The van der Waals surface area contributed by atoms with Gasteiger partial charge in [0, 0.05) is 37.6 Å². The quantitative estimate of drug-likeness (QED) is 0.862. The summed E-state index contributed by atoms with van der Waals surface area (Å²) in [5.74, 6) is 0.269. The number of amides is 1. The second-order valence-electron chi connectivity index (χ2n) is 5.55. The molecule has 0 radical (unpaired) electrons. The van der Waals surface area contributed by atoms with Gasteiger partial charge in [-0.05, 0) is 32.7 Å². The van der Waals surface area contributed by atoms with Crippen molar-refractivity contribution in [2.24, 2.45) is 5.73 Å². The van der Waals surface area contributed by atoms with E-state index in [9.17, 15) is 4.79 Å². The van der Waals surface area contributed by atoms with Gasteiger partial charge >= 0.3 is 0 Å². The molecular weight excluding hydrogens is 285 g/mol. The van der Waals surface area contributed by atoms with Gasteiger partial charge in [0.1, 0.15) is 0 Å². The van der Waals surface area contributed by atoms with E-state index in [1.165, 1.54) is 12.8 Å². The largest absolute Gasteiger partial charge is 0.335 e. The first-order valence-corrected chi connectivity index (χ1v) is 6.91. The van der Waals surface area contributed by atoms with E-state index in [2.05, 4.69) is 16.7 Å². The van der Waals surface area contributed by atoms with E-state index in [-0.39, 0.29) is 36.8 Å². The predicted octanol–water partition coefficient (Wildman–Crippen LogP) is 1.65. The molecule has 19 heavy (non-hydrogen) atoms. The number of rotatable bonds is 3. The van der Waals surface area contributed by atoms with Crippen LogP contribution in [-0.2, 0) is 4.79 Å². The van der Waals surface area contributed by atoms with Crippen molar-refractivity contribution in [2.45, 2.75) is 57.7 Å². The normalized spacial score (nSPS) is 28.1. The number of halogens is 2. The van der Waals surface area contributed by atoms with Gasteiger partial charge in [-0.3, -0.25) is 4.79 Å². The van der Waals surface area contributed by atoms with Crippen molar-refractivity contribution in [3.8, 4) is 0 Å². The predicted molar refractivity (Wildman–Crippen MR) is 83.1 cm³/mol. The summed E-state index contributed by atoms with van der Waals surface area (Å²) in [7, 11) is 0. The fraction of sp³-hybridized carbons (Fsp3) is 0.923. The Morgan fingerprint density at radius 1 is 1.26 bits per heavy atom. The van der Waals surface area contributed by atoms with Gasteiger partial charge in [0.15, 0.2) is 0 Å². The zero-order valence-electron chi connectivity index (χ0n) is 11.9. The van der Waals surface area contributed by atoms with Crippen LogP contribution in [0.3, 0.4) is 0 Å². The Morgan fingerprint density at radius 3 is 2.47 bits per heavy atom. The van der Waals surface area contributed by atoms with E-state index >= 15 is 0 Å². The summed E-state index contributed by atoms with van der Waals surface area (Å²) in [4.78, 5) is 16.9. The van der Waals surface area contributed by atoms with Crippen LogP contribution in [0.1, 0.15) is 39.5 Å². The molecule has 1 amide bonds. The second kappa shape index (κ2) is 8.30. The van der Waals surface area contributed by atoms with Gasteiger partial charge in [-0.2, -0.15) is 0 Å². The SMILES string of the molecule is CCN1CCC2CCC(C1)N2C(=O)CC(C)N.Cl.Cl. The lowest BCUT2D eigenvalue weighted by Crippen LogP contribution is -2.44. The van der Waals surface area contributed by atoms with E-state index in [1.807, 2.05) is 6.92 Å². The lowest BCUT2D eigenvalue weighted by molar-refractivity contribution is -0.134. The van der Waals surface area contributed by atoms with E-state index < -0.39 is 0 Å². The highest BCUT2D eigenvalue weighted by Crippen LogP contribution is 2.30. The van der Waals surface area contributed by atoms with E-state index in [4.69, 9.17) is 5.73 Å². The molecule has 0 aromatic rings. The Morgan fingerprint density at radius 2 is 1.89 bits per heavy atom. The molecule has 2 aliphatic rings. The van der Waals surface area contributed by atoms with Gasteiger partial charge in [-0.1, -0.05) is 6.92 Å². The van der Waals surface area contributed by atoms with Crippen molar-refractivity contribution < 1.29 is 4.79 Å². The van der Waals surface area contributed by atoms with Gasteiger partial charge in [-0.25, -0.2) is 0 Å². The van der Waals surface area contributed by atoms with Crippen LogP contribution >= 0.6 is 24.8 Å². The standard InChI is InChI=1S/C13H25N3O.2ClH/c1-3-15-7-6-11-4-5-12(9-15)16(11)13(17)8-10(2)14;;/h10-12H,3-9,14H2,1-2H3;2*1H. The highest BCUT2D eigenvalue weighted by atomic mass is 35.5. The zero-order valence-corrected chi connectivity index (χ0v) is 13.5.